The maximum atomic E-state index is 4.26. The molecule has 0 bridgehead atoms. The SMILES string of the molecule is CCCNc1snnc1CSc1ncc(C)cn1. The number of anilines is 1. The molecule has 2 aromatic heterocycles. The monoisotopic (exact) mass is 281 g/mol. The molecular formula is C11H15N5S2. The largest absolute Gasteiger partial charge is 0.374 e. The molecule has 5 nitrogen and oxygen atoms in total. The standard InChI is InChI=1S/C11H15N5S2/c1-3-4-12-10-9(15-16-18-10)7-17-11-13-5-8(2)6-14-11/h5-6,12H,3-4,7H2,1-2H3. The second kappa shape index (κ2) is 6.65. The van der Waals surface area contributed by atoms with E-state index in [-0.39, 0.29) is 0 Å². The van der Waals surface area contributed by atoms with Crippen molar-refractivity contribution in [3.05, 3.63) is 23.7 Å². The zero-order chi connectivity index (χ0) is 12.8. The Morgan fingerprint density at radius 2 is 2.11 bits per heavy atom. The molecule has 0 saturated heterocycles. The summed E-state index contributed by atoms with van der Waals surface area (Å²) in [5.74, 6) is 0.742. The van der Waals surface area contributed by atoms with Crippen molar-refractivity contribution >= 4 is 28.3 Å². The van der Waals surface area contributed by atoms with Crippen molar-refractivity contribution in [2.24, 2.45) is 0 Å². The van der Waals surface area contributed by atoms with Crippen LogP contribution in [0.25, 0.3) is 0 Å². The molecule has 2 aromatic rings. The summed E-state index contributed by atoms with van der Waals surface area (Å²) in [5, 5.41) is 9.28. The van der Waals surface area contributed by atoms with Crippen molar-refractivity contribution in [3.8, 4) is 0 Å². The lowest BCUT2D eigenvalue weighted by Gasteiger charge is -2.02. The predicted molar refractivity (Wildman–Crippen MR) is 75.0 cm³/mol. The lowest BCUT2D eigenvalue weighted by Crippen LogP contribution is -2.00. The molecule has 96 valence electrons. The molecule has 0 saturated carbocycles. The average Bonchev–Trinajstić information content (AvgIpc) is 2.83. The fourth-order valence-electron chi connectivity index (χ4n) is 1.26. The summed E-state index contributed by atoms with van der Waals surface area (Å²) < 4.78 is 3.98. The molecular weight excluding hydrogens is 266 g/mol. The van der Waals surface area contributed by atoms with Gasteiger partial charge in [0.05, 0.1) is 0 Å². The first kappa shape index (κ1) is 13.2. The summed E-state index contributed by atoms with van der Waals surface area (Å²) in [6, 6.07) is 0. The van der Waals surface area contributed by atoms with Crippen LogP contribution in [0.3, 0.4) is 0 Å². The van der Waals surface area contributed by atoms with Crippen molar-refractivity contribution in [1.82, 2.24) is 19.6 Å². The van der Waals surface area contributed by atoms with Crippen molar-refractivity contribution in [2.75, 3.05) is 11.9 Å². The van der Waals surface area contributed by atoms with E-state index < -0.39 is 0 Å². The topological polar surface area (TPSA) is 63.6 Å². The summed E-state index contributed by atoms with van der Waals surface area (Å²) >= 11 is 2.98. The molecule has 0 fully saturated rings. The number of rotatable bonds is 6. The van der Waals surface area contributed by atoms with Crippen LogP contribution >= 0.6 is 23.3 Å². The number of aromatic nitrogens is 4. The van der Waals surface area contributed by atoms with Crippen molar-refractivity contribution in [3.63, 3.8) is 0 Å². The highest BCUT2D eigenvalue weighted by molar-refractivity contribution is 7.98. The van der Waals surface area contributed by atoms with Crippen LogP contribution in [-0.4, -0.2) is 26.1 Å². The van der Waals surface area contributed by atoms with Crippen molar-refractivity contribution in [2.45, 2.75) is 31.2 Å². The van der Waals surface area contributed by atoms with Gasteiger partial charge in [0, 0.05) is 36.2 Å². The van der Waals surface area contributed by atoms with E-state index in [0.29, 0.717) is 0 Å². The Bertz CT molecular complexity index is 482. The molecule has 0 aliphatic heterocycles. The Labute approximate surface area is 115 Å². The van der Waals surface area contributed by atoms with E-state index in [4.69, 9.17) is 0 Å². The molecule has 0 aromatic carbocycles. The maximum Gasteiger partial charge on any atom is 0.187 e. The highest BCUT2D eigenvalue weighted by Crippen LogP contribution is 2.25. The smallest absolute Gasteiger partial charge is 0.187 e. The molecule has 1 N–H and O–H groups in total. The third kappa shape index (κ3) is 3.64. The maximum absolute atomic E-state index is 4.26. The zero-order valence-corrected chi connectivity index (χ0v) is 12.0. The third-order valence-corrected chi connectivity index (χ3v) is 3.80. The summed E-state index contributed by atoms with van der Waals surface area (Å²) in [6.45, 7) is 5.06. The van der Waals surface area contributed by atoms with E-state index in [0.717, 1.165) is 40.1 Å². The van der Waals surface area contributed by atoms with Gasteiger partial charge < -0.3 is 5.32 Å². The number of hydrogen-bond donors (Lipinski definition) is 1. The van der Waals surface area contributed by atoms with Gasteiger partial charge in [0.15, 0.2) is 5.16 Å². The van der Waals surface area contributed by atoms with E-state index in [1.807, 2.05) is 19.3 Å². The van der Waals surface area contributed by atoms with Crippen LogP contribution in [0.1, 0.15) is 24.6 Å². The highest BCUT2D eigenvalue weighted by atomic mass is 32.2. The Hall–Kier alpha value is -1.21. The summed E-state index contributed by atoms with van der Waals surface area (Å²) in [6.07, 6.45) is 4.74. The molecule has 18 heavy (non-hydrogen) atoms. The molecule has 0 aliphatic rings. The Balaban J connectivity index is 1.93. The van der Waals surface area contributed by atoms with E-state index >= 15 is 0 Å². The predicted octanol–water partition coefficient (Wildman–Crippen LogP) is 2.75. The van der Waals surface area contributed by atoms with Gasteiger partial charge in [-0.25, -0.2) is 9.97 Å². The molecule has 0 aliphatic carbocycles. The Morgan fingerprint density at radius 1 is 1.33 bits per heavy atom. The van der Waals surface area contributed by atoms with Crippen LogP contribution in [-0.2, 0) is 5.75 Å². The van der Waals surface area contributed by atoms with Gasteiger partial charge in [0.2, 0.25) is 0 Å². The second-order valence-electron chi connectivity index (χ2n) is 3.81. The van der Waals surface area contributed by atoms with Gasteiger partial charge in [-0.2, -0.15) is 0 Å². The summed E-state index contributed by atoms with van der Waals surface area (Å²) in [7, 11) is 0. The normalized spacial score (nSPS) is 10.6. The van der Waals surface area contributed by atoms with Gasteiger partial charge in [-0.15, -0.1) is 5.10 Å². The molecule has 2 heterocycles. The minimum absolute atomic E-state index is 0.742. The lowest BCUT2D eigenvalue weighted by molar-refractivity contribution is 0.946. The van der Waals surface area contributed by atoms with Crippen LogP contribution in [0.2, 0.25) is 0 Å². The number of nitrogens with one attached hydrogen (secondary N) is 1. The molecule has 2 rings (SSSR count). The molecule has 0 atom stereocenters. The molecule has 0 amide bonds. The van der Waals surface area contributed by atoms with Crippen LogP contribution in [0, 0.1) is 6.92 Å². The van der Waals surface area contributed by atoms with Gasteiger partial charge >= 0.3 is 0 Å². The van der Waals surface area contributed by atoms with Gasteiger partial charge in [-0.1, -0.05) is 23.2 Å². The first-order chi connectivity index (χ1) is 8.79. The molecule has 7 heteroatoms. The van der Waals surface area contributed by atoms with Gasteiger partial charge in [-0.05, 0) is 18.9 Å². The van der Waals surface area contributed by atoms with Crippen molar-refractivity contribution < 1.29 is 0 Å². The fraction of sp³-hybridized carbons (Fsp3) is 0.455. The van der Waals surface area contributed by atoms with Gasteiger partial charge in [0.1, 0.15) is 10.7 Å². The number of nitrogens with zero attached hydrogens (tertiary/aromatic N) is 4. The number of aryl methyl sites for hydroxylation is 1. The number of thioether (sulfide) groups is 1. The van der Waals surface area contributed by atoms with Crippen LogP contribution in [0.5, 0.6) is 0 Å². The van der Waals surface area contributed by atoms with Crippen LogP contribution in [0.15, 0.2) is 17.6 Å². The first-order valence-electron chi connectivity index (χ1n) is 5.76. The van der Waals surface area contributed by atoms with Crippen LogP contribution in [0.4, 0.5) is 5.00 Å². The molecule has 0 unspecified atom stereocenters. The van der Waals surface area contributed by atoms with E-state index in [1.165, 1.54) is 11.5 Å². The number of hydrogen-bond acceptors (Lipinski definition) is 7. The van der Waals surface area contributed by atoms with E-state index in [1.54, 1.807) is 11.8 Å². The zero-order valence-electron chi connectivity index (χ0n) is 10.4. The lowest BCUT2D eigenvalue weighted by atomic mass is 10.4. The Morgan fingerprint density at radius 3 is 2.83 bits per heavy atom. The molecule has 0 spiro atoms. The van der Waals surface area contributed by atoms with E-state index in [2.05, 4.69) is 31.8 Å². The van der Waals surface area contributed by atoms with Gasteiger partial charge in [-0.3, -0.25) is 0 Å². The van der Waals surface area contributed by atoms with Crippen LogP contribution < -0.4 is 5.32 Å². The molecule has 0 radical (unpaired) electrons. The third-order valence-electron chi connectivity index (χ3n) is 2.19. The fourth-order valence-corrected chi connectivity index (χ4v) is 2.68. The van der Waals surface area contributed by atoms with Crippen molar-refractivity contribution in [1.29, 1.82) is 0 Å². The minimum Gasteiger partial charge on any atom is -0.374 e. The second-order valence-corrected chi connectivity index (χ2v) is 5.50. The summed E-state index contributed by atoms with van der Waals surface area (Å²) in [4.78, 5) is 8.51. The minimum atomic E-state index is 0.742. The highest BCUT2D eigenvalue weighted by Gasteiger charge is 2.08. The van der Waals surface area contributed by atoms with Gasteiger partial charge in [0.25, 0.3) is 0 Å². The quantitative estimate of drug-likeness (QED) is 0.649. The summed E-state index contributed by atoms with van der Waals surface area (Å²) in [5.41, 5.74) is 2.04. The average molecular weight is 281 g/mol. The van der Waals surface area contributed by atoms with E-state index in [9.17, 15) is 0 Å². The first-order valence-corrected chi connectivity index (χ1v) is 7.52. The Kier molecular flexibility index (Phi) is 4.89.